The maximum absolute atomic E-state index is 12.9. The van der Waals surface area contributed by atoms with E-state index in [1.807, 2.05) is 73.7 Å². The first-order valence-corrected chi connectivity index (χ1v) is 21.6. The number of para-hydroxylation sites is 1. The van der Waals surface area contributed by atoms with Crippen LogP contribution in [-0.4, -0.2) is 58.8 Å². The molecule has 334 valence electrons. The summed E-state index contributed by atoms with van der Waals surface area (Å²) in [5, 5.41) is 0. The monoisotopic (exact) mass is 915 g/mol. The zero-order chi connectivity index (χ0) is 47.1. The minimum Gasteiger partial charge on any atom is -0.494 e. The highest BCUT2D eigenvalue weighted by molar-refractivity contribution is 7.93. The van der Waals surface area contributed by atoms with E-state index in [0.717, 1.165) is 40.4 Å². The summed E-state index contributed by atoms with van der Waals surface area (Å²) in [4.78, 5) is 27.1. The van der Waals surface area contributed by atoms with Crippen molar-refractivity contribution in [3.63, 3.8) is 0 Å². The Labute approximate surface area is 376 Å². The van der Waals surface area contributed by atoms with E-state index in [-0.39, 0.29) is 17.0 Å². The van der Waals surface area contributed by atoms with Crippen LogP contribution in [0.5, 0.6) is 11.5 Å². The van der Waals surface area contributed by atoms with Crippen LogP contribution in [0, 0.1) is 23.7 Å². The lowest BCUT2D eigenvalue weighted by atomic mass is 9.97. The topological polar surface area (TPSA) is 139 Å². The molecule has 0 aliphatic rings. The number of Topliss-reactive ketones (excluding diaryl/α,β-unsaturated/α-hetero) is 1. The number of ether oxygens (including phenoxy) is 2. The molecule has 8 aromatic rings. The molecule has 0 fully saturated rings. The number of hydrogen-bond acceptors (Lipinski definition) is 7. The number of sulfonamides is 1. The van der Waals surface area contributed by atoms with E-state index in [2.05, 4.69) is 43.6 Å². The lowest BCUT2D eigenvalue weighted by molar-refractivity contribution is -0.0429. The summed E-state index contributed by atoms with van der Waals surface area (Å²) in [5.74, 6) is 11.1. The van der Waals surface area contributed by atoms with Gasteiger partial charge >= 0.3 is 15.5 Å². The molecule has 3 N–H and O–H groups in total. The number of aromatic nitrogens is 4. The van der Waals surface area contributed by atoms with Crippen LogP contribution in [0.4, 0.5) is 27.6 Å². The van der Waals surface area contributed by atoms with E-state index >= 15 is 0 Å². The third-order valence-electron chi connectivity index (χ3n) is 9.53. The Balaban J connectivity index is 0.000000197. The van der Waals surface area contributed by atoms with E-state index < -0.39 is 28.1 Å². The van der Waals surface area contributed by atoms with Gasteiger partial charge in [-0.25, -0.2) is 18.7 Å². The van der Waals surface area contributed by atoms with Crippen LogP contribution >= 0.6 is 0 Å². The molecular formula is C50H38F5N5O5S. The van der Waals surface area contributed by atoms with Gasteiger partial charge in [-0.2, -0.15) is 21.6 Å². The molecule has 0 bridgehead atoms. The lowest BCUT2D eigenvalue weighted by Crippen LogP contribution is -2.30. The van der Waals surface area contributed by atoms with Gasteiger partial charge in [0.25, 0.3) is 5.92 Å². The maximum Gasteiger partial charge on any atom is 0.516 e. The van der Waals surface area contributed by atoms with Crippen LogP contribution < -0.4 is 14.2 Å². The SMILES string of the molecule is CC(=O)c1ccccc1-c1ccc2nc(C#Cc3ccc(OCC(C)(F)F)cc3)[nH]c2c1.CCOc1ccc(C#Cc2nc3ccc(-c4ccccc4NS(=O)(=O)C(F)(F)F)cc3[nH]2)cc1. The third-order valence-corrected chi connectivity index (χ3v) is 10.6. The van der Waals surface area contributed by atoms with Crippen LogP contribution in [0.1, 0.15) is 53.9 Å². The van der Waals surface area contributed by atoms with Gasteiger partial charge in [0, 0.05) is 29.2 Å². The summed E-state index contributed by atoms with van der Waals surface area (Å²) in [6.45, 7) is 4.17. The molecule has 2 heterocycles. The van der Waals surface area contributed by atoms with Gasteiger partial charge in [0.2, 0.25) is 0 Å². The smallest absolute Gasteiger partial charge is 0.494 e. The van der Waals surface area contributed by atoms with Gasteiger partial charge in [0.15, 0.2) is 24.0 Å². The molecule has 0 atom stereocenters. The number of ketones is 1. The van der Waals surface area contributed by atoms with E-state index in [1.54, 1.807) is 60.2 Å². The summed E-state index contributed by atoms with van der Waals surface area (Å²) < 4.78 is 99.5. The molecule has 0 radical (unpaired) electrons. The van der Waals surface area contributed by atoms with Crippen molar-refractivity contribution in [2.45, 2.75) is 32.2 Å². The van der Waals surface area contributed by atoms with Gasteiger partial charge < -0.3 is 19.4 Å². The molecule has 0 aliphatic heterocycles. The Bertz CT molecular complexity index is 3280. The van der Waals surface area contributed by atoms with Crippen molar-refractivity contribution in [3.05, 3.63) is 162 Å². The van der Waals surface area contributed by atoms with E-state index in [9.17, 15) is 35.2 Å². The number of benzene rings is 6. The molecule has 0 aliphatic carbocycles. The van der Waals surface area contributed by atoms with Crippen LogP contribution in [0.3, 0.4) is 0 Å². The molecule has 0 saturated carbocycles. The normalized spacial score (nSPS) is 11.4. The summed E-state index contributed by atoms with van der Waals surface area (Å²) in [6.07, 6.45) is 0. The third kappa shape index (κ3) is 11.6. The van der Waals surface area contributed by atoms with E-state index in [4.69, 9.17) is 9.47 Å². The summed E-state index contributed by atoms with van der Waals surface area (Å²) in [7, 11) is -5.56. The van der Waals surface area contributed by atoms with Crippen LogP contribution in [0.15, 0.2) is 133 Å². The number of rotatable bonds is 10. The number of imidazole rings is 2. The maximum atomic E-state index is 12.9. The summed E-state index contributed by atoms with van der Waals surface area (Å²) in [6, 6.07) is 38.0. The van der Waals surface area contributed by atoms with Gasteiger partial charge in [0.05, 0.1) is 34.4 Å². The number of nitrogens with zero attached hydrogens (tertiary/aromatic N) is 2. The highest BCUT2D eigenvalue weighted by Crippen LogP contribution is 2.34. The summed E-state index contributed by atoms with van der Waals surface area (Å²) >= 11 is 0. The van der Waals surface area contributed by atoms with Crippen LogP contribution in [0.25, 0.3) is 44.3 Å². The zero-order valence-electron chi connectivity index (χ0n) is 35.3. The predicted molar refractivity (Wildman–Crippen MR) is 244 cm³/mol. The average Bonchev–Trinajstić information content (AvgIpc) is 3.90. The molecule has 0 saturated heterocycles. The van der Waals surface area contributed by atoms with Crippen molar-refractivity contribution in [1.29, 1.82) is 0 Å². The van der Waals surface area contributed by atoms with Crippen molar-refractivity contribution < 1.29 is 44.6 Å². The second-order valence-corrected chi connectivity index (χ2v) is 16.3. The Morgan fingerprint density at radius 1 is 0.652 bits per heavy atom. The number of hydrogen-bond donors (Lipinski definition) is 3. The number of carbonyl (C=O) groups is 1. The Hall–Kier alpha value is -7.95. The lowest BCUT2D eigenvalue weighted by Gasteiger charge is -2.14. The highest BCUT2D eigenvalue weighted by atomic mass is 32.2. The van der Waals surface area contributed by atoms with Gasteiger partial charge in [-0.3, -0.25) is 9.52 Å². The average molecular weight is 916 g/mol. The quantitative estimate of drug-likeness (QED) is 0.0705. The fourth-order valence-electron chi connectivity index (χ4n) is 6.45. The van der Waals surface area contributed by atoms with E-state index in [0.29, 0.717) is 51.7 Å². The Kier molecular flexibility index (Phi) is 13.6. The van der Waals surface area contributed by atoms with Gasteiger partial charge in [-0.05, 0) is 121 Å². The van der Waals surface area contributed by atoms with Crippen molar-refractivity contribution in [1.82, 2.24) is 19.9 Å². The molecule has 66 heavy (non-hydrogen) atoms. The molecule has 0 unspecified atom stereocenters. The van der Waals surface area contributed by atoms with Crippen LogP contribution in [0.2, 0.25) is 0 Å². The second-order valence-electron chi connectivity index (χ2n) is 14.7. The number of fused-ring (bicyclic) bond motifs is 2. The number of halogens is 5. The van der Waals surface area contributed by atoms with Gasteiger partial charge in [0.1, 0.15) is 11.5 Å². The zero-order valence-corrected chi connectivity index (χ0v) is 36.2. The fraction of sp³-hybridized carbons (Fsp3) is 0.140. The first-order valence-electron chi connectivity index (χ1n) is 20.1. The fourth-order valence-corrected chi connectivity index (χ4v) is 7.03. The largest absolute Gasteiger partial charge is 0.516 e. The molecule has 2 aromatic heterocycles. The first kappa shape index (κ1) is 46.1. The first-order chi connectivity index (χ1) is 31.4. The van der Waals surface area contributed by atoms with Gasteiger partial charge in [-0.1, -0.05) is 66.4 Å². The highest BCUT2D eigenvalue weighted by Gasteiger charge is 2.46. The molecular weight excluding hydrogens is 878 g/mol. The molecule has 0 spiro atoms. The summed E-state index contributed by atoms with van der Waals surface area (Å²) in [5.41, 5.74) is 1.89. The van der Waals surface area contributed by atoms with E-state index in [1.165, 1.54) is 18.2 Å². The molecule has 0 amide bonds. The Morgan fingerprint density at radius 3 is 1.64 bits per heavy atom. The van der Waals surface area contributed by atoms with Gasteiger partial charge in [-0.15, -0.1) is 0 Å². The van der Waals surface area contributed by atoms with Crippen molar-refractivity contribution in [3.8, 4) is 57.4 Å². The number of aromatic amines is 2. The minimum absolute atomic E-state index is 0.0108. The Morgan fingerprint density at radius 2 is 1.14 bits per heavy atom. The molecule has 10 nitrogen and oxygen atoms in total. The van der Waals surface area contributed by atoms with Crippen LogP contribution in [-0.2, 0) is 10.0 Å². The van der Waals surface area contributed by atoms with Crippen molar-refractivity contribution in [2.24, 2.45) is 0 Å². The number of H-pyrrole nitrogens is 2. The minimum atomic E-state index is -5.56. The molecule has 16 heteroatoms. The number of carbonyl (C=O) groups excluding carboxylic acids is 1. The molecule has 8 rings (SSSR count). The molecule has 6 aromatic carbocycles. The predicted octanol–water partition coefficient (Wildman–Crippen LogP) is 11.2. The number of alkyl halides is 5. The standard InChI is InChI=1S/C26H20F2N2O2.C24H18F3N3O3S/c1-17(31)21-5-3-4-6-22(21)19-10-13-23-24(15-19)30-25(29-23)14-9-18-7-11-20(12-8-18)32-16-26(2,27)28;1-2-33-18-11-7-16(8-12-18)9-14-23-28-21-13-10-17(15-22(21)29-23)19-5-3-4-6-20(19)30-34(31,32)24(25,26)27/h3-8,10-13,15H,16H2,1-2H3,(H,29,30);3-8,10-13,15,30H,2H2,1H3,(H,28,29). The number of nitrogens with one attached hydrogen (secondary N) is 3. The number of anilines is 1. The van der Waals surface area contributed by atoms with Crippen molar-refractivity contribution in [2.75, 3.05) is 17.9 Å². The van der Waals surface area contributed by atoms with Crippen molar-refractivity contribution >= 4 is 43.6 Å². The second kappa shape index (κ2) is 19.4.